The van der Waals surface area contributed by atoms with E-state index in [0.29, 0.717) is 0 Å². The Bertz CT molecular complexity index is 1270. The zero-order valence-electron chi connectivity index (χ0n) is 17.2. The summed E-state index contributed by atoms with van der Waals surface area (Å²) in [5.41, 5.74) is 3.78. The molecule has 5 heteroatoms. The molecule has 0 saturated heterocycles. The van der Waals surface area contributed by atoms with Crippen molar-refractivity contribution in [1.82, 2.24) is 13.9 Å². The van der Waals surface area contributed by atoms with Crippen molar-refractivity contribution in [1.29, 1.82) is 0 Å². The second-order valence-electron chi connectivity index (χ2n) is 8.97. The lowest BCUT2D eigenvalue weighted by atomic mass is 9.39. The van der Waals surface area contributed by atoms with Crippen molar-refractivity contribution in [2.24, 2.45) is 17.9 Å². The Hall–Kier alpha value is -3.34. The first-order chi connectivity index (χ1) is 14.4. The number of rotatable bonds is 2. The molecule has 0 spiro atoms. The van der Waals surface area contributed by atoms with E-state index in [9.17, 15) is 9.59 Å². The van der Waals surface area contributed by atoms with Crippen molar-refractivity contribution in [3.05, 3.63) is 105 Å². The molecule has 2 bridgehead atoms. The average molecular weight is 397 g/mol. The molecule has 3 heterocycles. The van der Waals surface area contributed by atoms with Gasteiger partial charge >= 0.3 is 11.4 Å². The molecule has 4 atom stereocenters. The van der Waals surface area contributed by atoms with E-state index in [1.807, 2.05) is 12.1 Å². The maximum absolute atomic E-state index is 13.0. The molecule has 5 nitrogen and oxygen atoms in total. The zero-order chi connectivity index (χ0) is 20.8. The van der Waals surface area contributed by atoms with Crippen molar-refractivity contribution >= 4 is 11.1 Å². The standard InChI is InChI=1S/C25H23N3O2/c1-24-18-14-15-19(28-23(30)26(3)22(29)27(18)28)25(24,2)21(17-12-8-5-9-13-17)20(24)16-10-6-4-7-11-16/h4-15,18-19H,1-3H3/t18-,19-,24-,25+/m0/s1. The predicted molar refractivity (Wildman–Crippen MR) is 117 cm³/mol. The topological polar surface area (TPSA) is 48.9 Å². The molecule has 3 aromatic rings. The maximum Gasteiger partial charge on any atom is 0.347 e. The molecular weight excluding hydrogens is 374 g/mol. The normalized spacial score (nSPS) is 30.8. The van der Waals surface area contributed by atoms with Gasteiger partial charge in [0.15, 0.2) is 0 Å². The number of aromatic nitrogens is 3. The van der Waals surface area contributed by atoms with Crippen molar-refractivity contribution in [3.8, 4) is 0 Å². The van der Waals surface area contributed by atoms with Crippen molar-refractivity contribution in [2.75, 3.05) is 0 Å². The van der Waals surface area contributed by atoms with E-state index in [2.05, 4.69) is 74.5 Å². The van der Waals surface area contributed by atoms with Crippen LogP contribution in [0.5, 0.6) is 0 Å². The molecule has 2 aliphatic heterocycles. The summed E-state index contributed by atoms with van der Waals surface area (Å²) in [5, 5.41) is 0. The van der Waals surface area contributed by atoms with Crippen LogP contribution in [0.25, 0.3) is 11.1 Å². The second kappa shape index (κ2) is 5.42. The molecule has 0 unspecified atom stereocenters. The van der Waals surface area contributed by atoms with Crippen LogP contribution in [-0.2, 0) is 7.05 Å². The summed E-state index contributed by atoms with van der Waals surface area (Å²) >= 11 is 0. The summed E-state index contributed by atoms with van der Waals surface area (Å²) in [6.45, 7) is 4.52. The van der Waals surface area contributed by atoms with Gasteiger partial charge in [-0.05, 0) is 22.3 Å². The number of benzene rings is 2. The highest BCUT2D eigenvalue weighted by Crippen LogP contribution is 2.77. The lowest BCUT2D eigenvalue weighted by Crippen LogP contribution is -2.65. The Morgan fingerprint density at radius 3 is 1.40 bits per heavy atom. The third-order valence-electron chi connectivity index (χ3n) is 7.88. The SMILES string of the molecule is Cn1c(=O)n2n(c1=O)[C@H]1C=C[C@H]2[C@]2(C)C(c3ccccc3)=C(c3ccccc3)[C@]12C. The van der Waals surface area contributed by atoms with Gasteiger partial charge in [-0.15, -0.1) is 0 Å². The molecule has 4 aliphatic rings. The summed E-state index contributed by atoms with van der Waals surface area (Å²) in [5.74, 6) is 0. The molecule has 2 aromatic carbocycles. The molecule has 150 valence electrons. The number of nitrogens with zero attached hydrogens (tertiary/aromatic N) is 3. The van der Waals surface area contributed by atoms with E-state index >= 15 is 0 Å². The van der Waals surface area contributed by atoms with Crippen molar-refractivity contribution < 1.29 is 0 Å². The molecule has 0 amide bonds. The fourth-order valence-corrected chi connectivity index (χ4v) is 6.31. The van der Waals surface area contributed by atoms with Crippen LogP contribution < -0.4 is 11.4 Å². The van der Waals surface area contributed by atoms with Crippen molar-refractivity contribution in [2.45, 2.75) is 25.9 Å². The fraction of sp³-hybridized carbons (Fsp3) is 0.280. The highest BCUT2D eigenvalue weighted by molar-refractivity contribution is 6.05. The summed E-state index contributed by atoms with van der Waals surface area (Å²) in [6.07, 6.45) is 4.25. The summed E-state index contributed by atoms with van der Waals surface area (Å²) in [6, 6.07) is 20.5. The molecule has 0 fully saturated rings. The molecule has 0 N–H and O–H groups in total. The van der Waals surface area contributed by atoms with Crippen LogP contribution >= 0.6 is 0 Å². The first kappa shape index (κ1) is 17.5. The molecule has 0 saturated carbocycles. The van der Waals surface area contributed by atoms with E-state index in [0.717, 1.165) is 0 Å². The van der Waals surface area contributed by atoms with E-state index in [1.54, 1.807) is 16.4 Å². The average Bonchev–Trinajstić information content (AvgIpc) is 3.00. The highest BCUT2D eigenvalue weighted by Gasteiger charge is 2.70. The second-order valence-corrected chi connectivity index (χ2v) is 8.97. The minimum absolute atomic E-state index is 0.212. The van der Waals surface area contributed by atoms with Crippen LogP contribution in [0.4, 0.5) is 0 Å². The third-order valence-corrected chi connectivity index (χ3v) is 7.88. The Morgan fingerprint density at radius 2 is 1.03 bits per heavy atom. The van der Waals surface area contributed by atoms with Gasteiger partial charge in [0, 0.05) is 17.9 Å². The van der Waals surface area contributed by atoms with Gasteiger partial charge < -0.3 is 0 Å². The largest absolute Gasteiger partial charge is 0.347 e. The highest BCUT2D eigenvalue weighted by atomic mass is 16.2. The third kappa shape index (κ3) is 1.68. The fourth-order valence-electron chi connectivity index (χ4n) is 6.31. The minimum Gasteiger partial charge on any atom is -0.246 e. The Labute approximate surface area is 174 Å². The Morgan fingerprint density at radius 1 is 0.667 bits per heavy atom. The zero-order valence-corrected chi connectivity index (χ0v) is 17.2. The van der Waals surface area contributed by atoms with Crippen molar-refractivity contribution in [3.63, 3.8) is 0 Å². The Balaban J connectivity index is 1.73. The van der Waals surface area contributed by atoms with E-state index < -0.39 is 0 Å². The first-order valence-corrected chi connectivity index (χ1v) is 10.4. The number of hydrogen-bond acceptors (Lipinski definition) is 2. The summed E-state index contributed by atoms with van der Waals surface area (Å²) < 4.78 is 4.59. The van der Waals surface area contributed by atoms with E-state index in [1.165, 1.54) is 26.8 Å². The van der Waals surface area contributed by atoms with Crippen LogP contribution in [0, 0.1) is 10.8 Å². The van der Waals surface area contributed by atoms with Crippen LogP contribution in [0.2, 0.25) is 0 Å². The summed E-state index contributed by atoms with van der Waals surface area (Å²) in [4.78, 5) is 26.0. The maximum atomic E-state index is 13.0. The Kier molecular flexibility index (Phi) is 3.16. The smallest absolute Gasteiger partial charge is 0.246 e. The van der Waals surface area contributed by atoms with Gasteiger partial charge in [0.2, 0.25) is 0 Å². The molecule has 30 heavy (non-hydrogen) atoms. The molecular formula is C25H23N3O2. The molecule has 7 rings (SSSR count). The van der Waals surface area contributed by atoms with Crippen LogP contribution in [0.3, 0.4) is 0 Å². The predicted octanol–water partition coefficient (Wildman–Crippen LogP) is 3.65. The lowest BCUT2D eigenvalue weighted by molar-refractivity contribution is -0.000469. The van der Waals surface area contributed by atoms with Crippen LogP contribution in [0.1, 0.15) is 37.1 Å². The van der Waals surface area contributed by atoms with Gasteiger partial charge in [0.1, 0.15) is 0 Å². The van der Waals surface area contributed by atoms with Crippen LogP contribution in [0.15, 0.2) is 82.4 Å². The molecule has 2 aliphatic carbocycles. The van der Waals surface area contributed by atoms with Gasteiger partial charge in [-0.1, -0.05) is 86.7 Å². The number of hydrogen-bond donors (Lipinski definition) is 0. The lowest BCUT2D eigenvalue weighted by Gasteiger charge is -2.68. The summed E-state index contributed by atoms with van der Waals surface area (Å²) in [7, 11) is 1.57. The van der Waals surface area contributed by atoms with Gasteiger partial charge in [-0.25, -0.2) is 23.5 Å². The van der Waals surface area contributed by atoms with Gasteiger partial charge in [-0.2, -0.15) is 0 Å². The molecule has 0 radical (unpaired) electrons. The quantitative estimate of drug-likeness (QED) is 0.620. The first-order valence-electron chi connectivity index (χ1n) is 10.4. The van der Waals surface area contributed by atoms with Gasteiger partial charge in [0.05, 0.1) is 12.1 Å². The van der Waals surface area contributed by atoms with E-state index in [-0.39, 0.29) is 34.3 Å². The van der Waals surface area contributed by atoms with E-state index in [4.69, 9.17) is 0 Å². The van der Waals surface area contributed by atoms with Crippen LogP contribution in [-0.4, -0.2) is 13.9 Å². The van der Waals surface area contributed by atoms with Gasteiger partial charge in [0.25, 0.3) is 0 Å². The monoisotopic (exact) mass is 397 g/mol. The minimum atomic E-state index is -0.309. The van der Waals surface area contributed by atoms with Gasteiger partial charge in [-0.3, -0.25) is 0 Å². The number of allylic oxidation sites excluding steroid dienone is 4. The molecule has 1 aromatic heterocycles.